The van der Waals surface area contributed by atoms with E-state index in [0.717, 1.165) is 29.3 Å². The highest BCUT2D eigenvalue weighted by Gasteiger charge is 2.74. The summed E-state index contributed by atoms with van der Waals surface area (Å²) in [5, 5.41) is 11.1. The molecule has 1 amide bonds. The zero-order chi connectivity index (χ0) is 19.8. The Bertz CT molecular complexity index is 986. The number of amides is 1. The van der Waals surface area contributed by atoms with E-state index in [0.29, 0.717) is 31.2 Å². The van der Waals surface area contributed by atoms with Crippen molar-refractivity contribution < 1.29 is 9.53 Å². The van der Waals surface area contributed by atoms with E-state index >= 15 is 0 Å². The molecular formula is C21H27N5O2S. The van der Waals surface area contributed by atoms with Crippen LogP contribution in [0.3, 0.4) is 0 Å². The van der Waals surface area contributed by atoms with Crippen LogP contribution in [0.4, 0.5) is 5.00 Å². The average Bonchev–Trinajstić information content (AvgIpc) is 2.93. The Morgan fingerprint density at radius 3 is 2.93 bits per heavy atom. The van der Waals surface area contributed by atoms with Crippen LogP contribution in [0.25, 0.3) is 10.2 Å². The van der Waals surface area contributed by atoms with Gasteiger partial charge in [0.15, 0.2) is 0 Å². The molecule has 2 aromatic rings. The van der Waals surface area contributed by atoms with Crippen molar-refractivity contribution in [1.29, 1.82) is 0 Å². The van der Waals surface area contributed by atoms with Crippen molar-refractivity contribution >= 4 is 38.2 Å². The Labute approximate surface area is 174 Å². The van der Waals surface area contributed by atoms with Gasteiger partial charge in [-0.25, -0.2) is 0 Å². The second-order valence-electron chi connectivity index (χ2n) is 9.61. The SMILES string of the molecule is CC1(C)CCC23C(c4cc5sc(NC(=O)CN6CCOCC6)cc5[nH]4)=NN2C3C1. The number of nitrogens with zero attached hydrogens (tertiary/aromatic N) is 3. The zero-order valence-corrected chi connectivity index (χ0v) is 17.8. The second kappa shape index (κ2) is 6.06. The van der Waals surface area contributed by atoms with Gasteiger partial charge in [-0.15, -0.1) is 11.3 Å². The fourth-order valence-corrected chi connectivity index (χ4v) is 6.27. The number of morpholine rings is 1. The minimum Gasteiger partial charge on any atom is -0.379 e. The van der Waals surface area contributed by atoms with E-state index in [9.17, 15) is 4.79 Å². The van der Waals surface area contributed by atoms with Crippen molar-refractivity contribution in [2.24, 2.45) is 10.5 Å². The molecule has 4 aliphatic rings. The maximum atomic E-state index is 12.3. The van der Waals surface area contributed by atoms with Gasteiger partial charge in [0.25, 0.3) is 0 Å². The van der Waals surface area contributed by atoms with Gasteiger partial charge in [0.05, 0.1) is 46.7 Å². The summed E-state index contributed by atoms with van der Waals surface area (Å²) in [6.07, 6.45) is 3.70. The minimum absolute atomic E-state index is 0.0413. The van der Waals surface area contributed by atoms with E-state index in [1.807, 2.05) is 6.07 Å². The number of ether oxygens (including phenoxy) is 1. The molecule has 1 saturated carbocycles. The first kappa shape index (κ1) is 17.9. The van der Waals surface area contributed by atoms with Crippen LogP contribution in [0.2, 0.25) is 0 Å². The quantitative estimate of drug-likeness (QED) is 0.756. The van der Waals surface area contributed by atoms with Gasteiger partial charge in [-0.2, -0.15) is 5.10 Å². The van der Waals surface area contributed by atoms with Gasteiger partial charge in [-0.3, -0.25) is 14.7 Å². The summed E-state index contributed by atoms with van der Waals surface area (Å²) in [6, 6.07) is 4.85. The third kappa shape index (κ3) is 2.76. The van der Waals surface area contributed by atoms with Crippen molar-refractivity contribution in [1.82, 2.24) is 14.9 Å². The molecule has 1 spiro atoms. The van der Waals surface area contributed by atoms with Crippen molar-refractivity contribution in [2.75, 3.05) is 38.2 Å². The number of H-pyrrole nitrogens is 1. The van der Waals surface area contributed by atoms with Gasteiger partial charge < -0.3 is 15.0 Å². The molecule has 0 bridgehead atoms. The van der Waals surface area contributed by atoms with E-state index in [1.165, 1.54) is 29.7 Å². The number of carbonyl (C=O) groups is 1. The maximum absolute atomic E-state index is 12.3. The summed E-state index contributed by atoms with van der Waals surface area (Å²) in [4.78, 5) is 18.0. The van der Waals surface area contributed by atoms with E-state index in [4.69, 9.17) is 9.84 Å². The van der Waals surface area contributed by atoms with Crippen LogP contribution in [0.5, 0.6) is 0 Å². The second-order valence-corrected chi connectivity index (χ2v) is 10.7. The highest BCUT2D eigenvalue weighted by molar-refractivity contribution is 7.23. The fourth-order valence-electron chi connectivity index (χ4n) is 5.30. The number of thiophene rings is 1. The van der Waals surface area contributed by atoms with Gasteiger partial charge >= 0.3 is 0 Å². The van der Waals surface area contributed by atoms with Gasteiger partial charge in [0, 0.05) is 13.1 Å². The maximum Gasteiger partial charge on any atom is 0.239 e. The summed E-state index contributed by atoms with van der Waals surface area (Å²) < 4.78 is 6.51. The van der Waals surface area contributed by atoms with Crippen LogP contribution in [0.1, 0.15) is 38.8 Å². The number of hydrogen-bond donors (Lipinski definition) is 2. The Balaban J connectivity index is 1.14. The highest BCUT2D eigenvalue weighted by atomic mass is 32.1. The Morgan fingerprint density at radius 1 is 1.34 bits per heavy atom. The number of hydrazone groups is 1. The smallest absolute Gasteiger partial charge is 0.239 e. The summed E-state index contributed by atoms with van der Waals surface area (Å²) in [7, 11) is 0. The summed E-state index contributed by atoms with van der Waals surface area (Å²) in [5.74, 6) is 0.0413. The van der Waals surface area contributed by atoms with E-state index < -0.39 is 0 Å². The first-order valence-electron chi connectivity index (χ1n) is 10.6. The van der Waals surface area contributed by atoms with Gasteiger partial charge in [0.2, 0.25) is 5.91 Å². The van der Waals surface area contributed by atoms with Crippen molar-refractivity contribution in [2.45, 2.75) is 44.7 Å². The first-order chi connectivity index (χ1) is 13.9. The number of hydrogen-bond acceptors (Lipinski definition) is 6. The number of carbonyl (C=O) groups excluding carboxylic acids is 1. The molecule has 6 rings (SSSR count). The molecule has 2 aromatic heterocycles. The molecule has 0 aromatic carbocycles. The first-order valence-corrected chi connectivity index (χ1v) is 11.4. The molecule has 2 unspecified atom stereocenters. The average molecular weight is 414 g/mol. The monoisotopic (exact) mass is 413 g/mol. The number of rotatable bonds is 4. The molecule has 7 nitrogen and oxygen atoms in total. The normalized spacial score (nSPS) is 30.3. The molecule has 3 fully saturated rings. The number of aromatic amines is 1. The van der Waals surface area contributed by atoms with E-state index in [-0.39, 0.29) is 11.4 Å². The van der Waals surface area contributed by atoms with Crippen LogP contribution < -0.4 is 5.32 Å². The molecular weight excluding hydrogens is 386 g/mol. The Morgan fingerprint density at radius 2 is 2.17 bits per heavy atom. The van der Waals surface area contributed by atoms with E-state index in [2.05, 4.69) is 40.1 Å². The Kier molecular flexibility index (Phi) is 3.74. The molecule has 2 N–H and O–H groups in total. The van der Waals surface area contributed by atoms with Crippen molar-refractivity contribution in [3.05, 3.63) is 17.8 Å². The predicted molar refractivity (Wildman–Crippen MR) is 115 cm³/mol. The van der Waals surface area contributed by atoms with E-state index in [1.54, 1.807) is 11.3 Å². The van der Waals surface area contributed by atoms with Gasteiger partial charge in [0.1, 0.15) is 11.3 Å². The predicted octanol–water partition coefficient (Wildman–Crippen LogP) is 2.85. The van der Waals surface area contributed by atoms with Gasteiger partial charge in [-0.05, 0) is 36.8 Å². The number of aromatic nitrogens is 1. The van der Waals surface area contributed by atoms with Crippen molar-refractivity contribution in [3.63, 3.8) is 0 Å². The van der Waals surface area contributed by atoms with Crippen LogP contribution in [-0.2, 0) is 9.53 Å². The molecule has 29 heavy (non-hydrogen) atoms. The summed E-state index contributed by atoms with van der Waals surface area (Å²) >= 11 is 1.63. The summed E-state index contributed by atoms with van der Waals surface area (Å²) in [6.45, 7) is 8.23. The van der Waals surface area contributed by atoms with Gasteiger partial charge in [-0.1, -0.05) is 13.8 Å². The lowest BCUT2D eigenvalue weighted by molar-refractivity contribution is -0.118. The third-order valence-corrected chi connectivity index (χ3v) is 8.03. The lowest BCUT2D eigenvalue weighted by atomic mass is 9.71. The van der Waals surface area contributed by atoms with Crippen LogP contribution >= 0.6 is 11.3 Å². The number of nitrogens with one attached hydrogen (secondary N) is 2. The lowest BCUT2D eigenvalue weighted by Gasteiger charge is -2.33. The largest absolute Gasteiger partial charge is 0.379 e. The number of fused-ring (bicyclic) bond motifs is 2. The van der Waals surface area contributed by atoms with Crippen molar-refractivity contribution in [3.8, 4) is 0 Å². The highest BCUT2D eigenvalue weighted by Crippen LogP contribution is 2.62. The summed E-state index contributed by atoms with van der Waals surface area (Å²) in [5.41, 5.74) is 4.10. The number of anilines is 1. The fraction of sp³-hybridized carbons (Fsp3) is 0.619. The minimum atomic E-state index is 0.0413. The van der Waals surface area contributed by atoms with Crippen LogP contribution in [0, 0.1) is 5.41 Å². The molecule has 2 saturated heterocycles. The molecule has 8 heteroatoms. The molecule has 5 heterocycles. The topological polar surface area (TPSA) is 72.7 Å². The van der Waals surface area contributed by atoms with Crippen LogP contribution in [0.15, 0.2) is 17.2 Å². The Hall–Kier alpha value is -1.90. The molecule has 1 aliphatic carbocycles. The molecule has 154 valence electrons. The molecule has 0 radical (unpaired) electrons. The zero-order valence-electron chi connectivity index (χ0n) is 17.0. The molecule has 3 aliphatic heterocycles. The standard InChI is InChI=1S/C21H27N5O2S/c1-20(2)3-4-21-16(11-20)26(21)24-19(21)14-9-15-13(22-14)10-18(29-15)23-17(27)12-25-5-7-28-8-6-25/h9-10,16,22H,3-8,11-12H2,1-2H3,(H,23,27). The van der Waals surface area contributed by atoms with Crippen LogP contribution in [-0.4, -0.2) is 70.9 Å². The third-order valence-electron chi connectivity index (χ3n) is 7.03. The lowest BCUT2D eigenvalue weighted by Crippen LogP contribution is -2.41. The molecule has 2 atom stereocenters.